The van der Waals surface area contributed by atoms with Crippen LogP contribution in [0.15, 0.2) is 35.1 Å². The van der Waals surface area contributed by atoms with E-state index in [1.54, 1.807) is 4.57 Å². The molecule has 0 aliphatic heterocycles. The van der Waals surface area contributed by atoms with Gasteiger partial charge in [-0.25, -0.2) is 9.89 Å². The van der Waals surface area contributed by atoms with Gasteiger partial charge in [0.25, 0.3) is 0 Å². The maximum atomic E-state index is 11.3. The number of hydrogen-bond acceptors (Lipinski definition) is 2. The van der Waals surface area contributed by atoms with Crippen molar-refractivity contribution in [3.8, 4) is 11.4 Å². The van der Waals surface area contributed by atoms with E-state index < -0.39 is 0 Å². The van der Waals surface area contributed by atoms with Gasteiger partial charge in [0.2, 0.25) is 0 Å². The molecule has 0 amide bonds. The lowest BCUT2D eigenvalue weighted by Crippen LogP contribution is -2.16. The van der Waals surface area contributed by atoms with E-state index >= 15 is 0 Å². The third-order valence-corrected chi connectivity index (χ3v) is 2.11. The molecule has 1 heterocycles. The predicted octanol–water partition coefficient (Wildman–Crippen LogP) is 1.26. The fourth-order valence-electron chi connectivity index (χ4n) is 1.42. The summed E-state index contributed by atoms with van der Waals surface area (Å²) in [6.07, 6.45) is 0. The Hall–Kier alpha value is -1.84. The van der Waals surface area contributed by atoms with Crippen molar-refractivity contribution in [3.63, 3.8) is 0 Å². The third-order valence-electron chi connectivity index (χ3n) is 2.11. The molecule has 0 fully saturated rings. The molecule has 4 nitrogen and oxygen atoms in total. The van der Waals surface area contributed by atoms with Crippen molar-refractivity contribution in [2.24, 2.45) is 0 Å². The molecule has 14 heavy (non-hydrogen) atoms. The highest BCUT2D eigenvalue weighted by Crippen LogP contribution is 2.13. The minimum Gasteiger partial charge on any atom is -0.275 e. The zero-order valence-corrected chi connectivity index (χ0v) is 7.90. The van der Waals surface area contributed by atoms with E-state index in [1.165, 1.54) is 0 Å². The van der Waals surface area contributed by atoms with Crippen LogP contribution >= 0.6 is 0 Å². The summed E-state index contributed by atoms with van der Waals surface area (Å²) >= 11 is 0. The second kappa shape index (κ2) is 3.49. The number of aromatic nitrogens is 3. The molecule has 0 spiro atoms. The second-order valence-electron chi connectivity index (χ2n) is 2.96. The second-order valence-corrected chi connectivity index (χ2v) is 2.96. The number of nitrogens with zero attached hydrogens (tertiary/aromatic N) is 2. The highest BCUT2D eigenvalue weighted by atomic mass is 16.1. The molecule has 0 aliphatic rings. The molecule has 0 unspecified atom stereocenters. The highest BCUT2D eigenvalue weighted by molar-refractivity contribution is 5.54. The highest BCUT2D eigenvalue weighted by Gasteiger charge is 2.07. The van der Waals surface area contributed by atoms with Gasteiger partial charge in [0, 0.05) is 12.1 Å². The van der Waals surface area contributed by atoms with Crippen LogP contribution in [0.5, 0.6) is 0 Å². The van der Waals surface area contributed by atoms with E-state index in [4.69, 9.17) is 0 Å². The number of H-pyrrole nitrogens is 1. The monoisotopic (exact) mass is 189 g/mol. The molecular formula is C10H11N3O. The van der Waals surface area contributed by atoms with Crippen molar-refractivity contribution in [1.29, 1.82) is 0 Å². The summed E-state index contributed by atoms with van der Waals surface area (Å²) in [6, 6.07) is 9.65. The first kappa shape index (κ1) is 8.74. The molecule has 0 saturated carbocycles. The summed E-state index contributed by atoms with van der Waals surface area (Å²) in [5.41, 5.74) is 0.791. The summed E-state index contributed by atoms with van der Waals surface area (Å²) in [7, 11) is 0. The van der Waals surface area contributed by atoms with Crippen LogP contribution in [0.2, 0.25) is 0 Å². The van der Waals surface area contributed by atoms with Crippen LogP contribution in [0.4, 0.5) is 0 Å². The largest absolute Gasteiger partial charge is 0.343 e. The first-order valence-electron chi connectivity index (χ1n) is 4.53. The van der Waals surface area contributed by atoms with E-state index in [9.17, 15) is 4.79 Å². The van der Waals surface area contributed by atoms with Crippen LogP contribution in [-0.4, -0.2) is 14.8 Å². The molecule has 2 aromatic rings. The van der Waals surface area contributed by atoms with Gasteiger partial charge in [0.05, 0.1) is 0 Å². The van der Waals surface area contributed by atoms with Crippen molar-refractivity contribution in [2.75, 3.05) is 0 Å². The summed E-state index contributed by atoms with van der Waals surface area (Å²) in [5.74, 6) is 0.693. The van der Waals surface area contributed by atoms with Crippen LogP contribution in [0, 0.1) is 0 Å². The fourth-order valence-corrected chi connectivity index (χ4v) is 1.42. The van der Waals surface area contributed by atoms with Crippen LogP contribution in [0.1, 0.15) is 6.92 Å². The van der Waals surface area contributed by atoms with Gasteiger partial charge in [0.15, 0.2) is 5.82 Å². The van der Waals surface area contributed by atoms with Gasteiger partial charge >= 0.3 is 5.69 Å². The van der Waals surface area contributed by atoms with Crippen LogP contribution in [0.3, 0.4) is 0 Å². The number of nitrogens with one attached hydrogen (secondary N) is 1. The Labute approximate surface area is 81.2 Å². The molecule has 0 bridgehead atoms. The normalized spacial score (nSPS) is 10.4. The standard InChI is InChI=1S/C10H11N3O/c1-2-13-9(11-12-10(13)14)8-6-4-3-5-7-8/h3-7H,2H2,1H3,(H,12,14). The Balaban J connectivity index is 2.57. The molecule has 0 radical (unpaired) electrons. The van der Waals surface area contributed by atoms with Crippen molar-refractivity contribution >= 4 is 0 Å². The van der Waals surface area contributed by atoms with Crippen LogP contribution < -0.4 is 5.69 Å². The summed E-state index contributed by atoms with van der Waals surface area (Å²) < 4.78 is 1.61. The molecule has 1 aromatic carbocycles. The summed E-state index contributed by atoms with van der Waals surface area (Å²) in [4.78, 5) is 11.3. The molecule has 4 heteroatoms. The van der Waals surface area contributed by atoms with Crippen molar-refractivity contribution in [3.05, 3.63) is 40.8 Å². The topological polar surface area (TPSA) is 50.7 Å². The average Bonchev–Trinajstić information content (AvgIpc) is 2.61. The SMILES string of the molecule is CCn1c(-c2ccccc2)n[nH]c1=O. The predicted molar refractivity (Wildman–Crippen MR) is 54.0 cm³/mol. The number of hydrogen-bond donors (Lipinski definition) is 1. The van der Waals surface area contributed by atoms with Gasteiger partial charge in [-0.2, -0.15) is 5.10 Å². The quantitative estimate of drug-likeness (QED) is 0.773. The van der Waals surface area contributed by atoms with Gasteiger partial charge < -0.3 is 0 Å². The number of benzene rings is 1. The Morgan fingerprint density at radius 1 is 1.36 bits per heavy atom. The maximum absolute atomic E-state index is 11.3. The lowest BCUT2D eigenvalue weighted by molar-refractivity contribution is 0.736. The molecule has 0 atom stereocenters. The molecule has 0 saturated heterocycles. The smallest absolute Gasteiger partial charge is 0.275 e. The van der Waals surface area contributed by atoms with E-state index in [2.05, 4.69) is 10.2 Å². The van der Waals surface area contributed by atoms with Gasteiger partial charge in [0.1, 0.15) is 0 Å². The van der Waals surface area contributed by atoms with Crippen molar-refractivity contribution < 1.29 is 0 Å². The summed E-state index contributed by atoms with van der Waals surface area (Å²) in [6.45, 7) is 2.54. The molecule has 1 N–H and O–H groups in total. The average molecular weight is 189 g/mol. The minimum absolute atomic E-state index is 0.161. The van der Waals surface area contributed by atoms with E-state index in [0.29, 0.717) is 12.4 Å². The van der Waals surface area contributed by atoms with Crippen molar-refractivity contribution in [1.82, 2.24) is 14.8 Å². The molecule has 2 rings (SSSR count). The van der Waals surface area contributed by atoms with E-state index in [0.717, 1.165) is 5.56 Å². The Morgan fingerprint density at radius 3 is 2.71 bits per heavy atom. The van der Waals surface area contributed by atoms with Crippen molar-refractivity contribution in [2.45, 2.75) is 13.5 Å². The zero-order chi connectivity index (χ0) is 9.97. The minimum atomic E-state index is -0.161. The fraction of sp³-hybridized carbons (Fsp3) is 0.200. The lowest BCUT2D eigenvalue weighted by Gasteiger charge is -2.00. The molecule has 0 aliphatic carbocycles. The van der Waals surface area contributed by atoms with E-state index in [1.807, 2.05) is 37.3 Å². The first-order chi connectivity index (χ1) is 6.83. The van der Waals surface area contributed by atoms with Crippen LogP contribution in [-0.2, 0) is 6.54 Å². The number of aromatic amines is 1. The van der Waals surface area contributed by atoms with Gasteiger partial charge in [-0.05, 0) is 6.92 Å². The van der Waals surface area contributed by atoms with Crippen LogP contribution in [0.25, 0.3) is 11.4 Å². The van der Waals surface area contributed by atoms with Gasteiger partial charge in [-0.1, -0.05) is 30.3 Å². The maximum Gasteiger partial charge on any atom is 0.343 e. The Morgan fingerprint density at radius 2 is 2.07 bits per heavy atom. The Kier molecular flexibility index (Phi) is 2.18. The zero-order valence-electron chi connectivity index (χ0n) is 7.90. The molecule has 72 valence electrons. The molecule has 1 aromatic heterocycles. The Bertz CT molecular complexity index is 470. The third kappa shape index (κ3) is 1.35. The first-order valence-corrected chi connectivity index (χ1v) is 4.53. The molecular weight excluding hydrogens is 178 g/mol. The number of rotatable bonds is 2. The van der Waals surface area contributed by atoms with Gasteiger partial charge in [-0.3, -0.25) is 4.57 Å². The lowest BCUT2D eigenvalue weighted by atomic mass is 10.2. The van der Waals surface area contributed by atoms with E-state index in [-0.39, 0.29) is 5.69 Å². The van der Waals surface area contributed by atoms with Gasteiger partial charge in [-0.15, -0.1) is 0 Å². The summed E-state index contributed by atoms with van der Waals surface area (Å²) in [5, 5.41) is 6.43.